The molecule has 0 aliphatic rings. The van der Waals surface area contributed by atoms with Gasteiger partial charge >= 0.3 is 6.36 Å². The number of halogens is 3. The summed E-state index contributed by atoms with van der Waals surface area (Å²) in [7, 11) is 0. The van der Waals surface area contributed by atoms with Crippen molar-refractivity contribution in [1.82, 2.24) is 4.98 Å². The molecule has 0 saturated carbocycles. The van der Waals surface area contributed by atoms with Gasteiger partial charge < -0.3 is 15.2 Å². The Hall–Kier alpha value is -2.44. The maximum absolute atomic E-state index is 12.2. The first-order chi connectivity index (χ1) is 8.94. The monoisotopic (exact) mass is 270 g/mol. The number of nitrogens with zero attached hydrogens (tertiary/aromatic N) is 1. The zero-order chi connectivity index (χ0) is 13.9. The molecule has 100 valence electrons. The van der Waals surface area contributed by atoms with Crippen molar-refractivity contribution in [2.75, 3.05) is 5.73 Å². The fourth-order valence-electron chi connectivity index (χ4n) is 1.31. The van der Waals surface area contributed by atoms with Crippen LogP contribution in [0.3, 0.4) is 0 Å². The minimum Gasteiger partial charge on any atom is -0.435 e. The van der Waals surface area contributed by atoms with E-state index in [1.807, 2.05) is 0 Å². The molecule has 0 bridgehead atoms. The van der Waals surface area contributed by atoms with Crippen molar-refractivity contribution in [2.24, 2.45) is 0 Å². The lowest BCUT2D eigenvalue weighted by Crippen LogP contribution is -2.17. The summed E-state index contributed by atoms with van der Waals surface area (Å²) in [6.45, 7) is 0. The van der Waals surface area contributed by atoms with E-state index in [-0.39, 0.29) is 11.6 Å². The number of ether oxygens (including phenoxy) is 2. The highest BCUT2D eigenvalue weighted by Crippen LogP contribution is 2.34. The van der Waals surface area contributed by atoms with Crippen molar-refractivity contribution in [1.29, 1.82) is 0 Å². The molecule has 0 fully saturated rings. The summed E-state index contributed by atoms with van der Waals surface area (Å²) in [5, 5.41) is 0. The van der Waals surface area contributed by atoms with Crippen molar-refractivity contribution in [3.05, 3.63) is 42.6 Å². The van der Waals surface area contributed by atoms with E-state index >= 15 is 0 Å². The SMILES string of the molecule is Nc1ccc(Oc2ccccc2OC(F)(F)F)nc1. The highest BCUT2D eigenvalue weighted by atomic mass is 19.4. The van der Waals surface area contributed by atoms with E-state index in [1.165, 1.54) is 36.5 Å². The zero-order valence-corrected chi connectivity index (χ0v) is 9.52. The molecule has 19 heavy (non-hydrogen) atoms. The van der Waals surface area contributed by atoms with Crippen LogP contribution in [0.25, 0.3) is 0 Å². The smallest absolute Gasteiger partial charge is 0.435 e. The lowest BCUT2D eigenvalue weighted by molar-refractivity contribution is -0.275. The third-order valence-electron chi connectivity index (χ3n) is 2.05. The van der Waals surface area contributed by atoms with Crippen LogP contribution < -0.4 is 15.2 Å². The minimum atomic E-state index is -4.78. The second kappa shape index (κ2) is 5.05. The van der Waals surface area contributed by atoms with Crippen LogP contribution in [-0.4, -0.2) is 11.3 Å². The average molecular weight is 270 g/mol. The van der Waals surface area contributed by atoms with Crippen molar-refractivity contribution in [3.8, 4) is 17.4 Å². The minimum absolute atomic E-state index is 0.0860. The van der Waals surface area contributed by atoms with Crippen molar-refractivity contribution in [2.45, 2.75) is 6.36 Å². The lowest BCUT2D eigenvalue weighted by Gasteiger charge is -2.13. The summed E-state index contributed by atoms with van der Waals surface area (Å²) in [6.07, 6.45) is -3.45. The highest BCUT2D eigenvalue weighted by molar-refractivity contribution is 5.43. The average Bonchev–Trinajstić information content (AvgIpc) is 2.33. The molecule has 0 atom stereocenters. The van der Waals surface area contributed by atoms with Crippen LogP contribution in [0.4, 0.5) is 18.9 Å². The van der Waals surface area contributed by atoms with Crippen LogP contribution in [-0.2, 0) is 0 Å². The summed E-state index contributed by atoms with van der Waals surface area (Å²) < 4.78 is 45.7. The number of hydrogen-bond acceptors (Lipinski definition) is 4. The second-order valence-electron chi connectivity index (χ2n) is 3.53. The number of para-hydroxylation sites is 2. The van der Waals surface area contributed by atoms with Gasteiger partial charge in [0.1, 0.15) is 0 Å². The molecule has 1 heterocycles. The van der Waals surface area contributed by atoms with E-state index in [2.05, 4.69) is 9.72 Å². The molecule has 0 aliphatic heterocycles. The van der Waals surface area contributed by atoms with Gasteiger partial charge in [0, 0.05) is 6.07 Å². The molecule has 2 rings (SSSR count). The first-order valence-electron chi connectivity index (χ1n) is 5.18. The summed E-state index contributed by atoms with van der Waals surface area (Å²) in [5.41, 5.74) is 5.87. The zero-order valence-electron chi connectivity index (χ0n) is 9.52. The van der Waals surface area contributed by atoms with Gasteiger partial charge in [-0.2, -0.15) is 0 Å². The Labute approximate surface area is 106 Å². The van der Waals surface area contributed by atoms with Gasteiger partial charge in [-0.3, -0.25) is 0 Å². The predicted octanol–water partition coefficient (Wildman–Crippen LogP) is 3.35. The van der Waals surface area contributed by atoms with Gasteiger partial charge in [0.05, 0.1) is 11.9 Å². The first-order valence-corrected chi connectivity index (χ1v) is 5.18. The normalized spacial score (nSPS) is 11.1. The highest BCUT2D eigenvalue weighted by Gasteiger charge is 2.32. The third-order valence-corrected chi connectivity index (χ3v) is 2.05. The van der Waals surface area contributed by atoms with E-state index in [0.717, 1.165) is 6.07 Å². The van der Waals surface area contributed by atoms with Gasteiger partial charge in [0.25, 0.3) is 0 Å². The van der Waals surface area contributed by atoms with Crippen LogP contribution >= 0.6 is 0 Å². The van der Waals surface area contributed by atoms with Crippen molar-refractivity contribution < 1.29 is 22.6 Å². The molecule has 0 saturated heterocycles. The Balaban J connectivity index is 2.22. The Morgan fingerprint density at radius 1 is 1.00 bits per heavy atom. The standard InChI is InChI=1S/C12H9F3N2O2/c13-12(14,15)19-10-4-2-1-3-9(10)18-11-6-5-8(16)7-17-11/h1-7H,16H2. The maximum atomic E-state index is 12.2. The van der Waals surface area contributed by atoms with Crippen LogP contribution in [0.15, 0.2) is 42.6 Å². The Kier molecular flexibility index (Phi) is 3.46. The van der Waals surface area contributed by atoms with Crippen molar-refractivity contribution >= 4 is 5.69 Å². The number of hydrogen-bond donors (Lipinski definition) is 1. The van der Waals surface area contributed by atoms with Crippen molar-refractivity contribution in [3.63, 3.8) is 0 Å². The van der Waals surface area contributed by atoms with Gasteiger partial charge in [-0.25, -0.2) is 4.98 Å². The number of alkyl halides is 3. The van der Waals surface area contributed by atoms with E-state index in [0.29, 0.717) is 5.69 Å². The Bertz CT molecular complexity index is 556. The van der Waals surface area contributed by atoms with Gasteiger partial charge in [-0.1, -0.05) is 12.1 Å². The number of nitrogens with two attached hydrogens (primary N) is 1. The molecule has 0 amide bonds. The molecule has 0 spiro atoms. The molecule has 0 radical (unpaired) electrons. The maximum Gasteiger partial charge on any atom is 0.573 e. The lowest BCUT2D eigenvalue weighted by atomic mass is 10.3. The van der Waals surface area contributed by atoms with Crippen LogP contribution in [0.2, 0.25) is 0 Å². The first kappa shape index (κ1) is 13.0. The molecule has 1 aromatic carbocycles. The van der Waals surface area contributed by atoms with E-state index in [4.69, 9.17) is 10.5 Å². The summed E-state index contributed by atoms with van der Waals surface area (Å²) in [6, 6.07) is 8.40. The van der Waals surface area contributed by atoms with E-state index in [9.17, 15) is 13.2 Å². The van der Waals surface area contributed by atoms with Gasteiger partial charge in [0.2, 0.25) is 5.88 Å². The number of pyridine rings is 1. The summed E-state index contributed by atoms with van der Waals surface area (Å²) in [5.74, 6) is -0.404. The summed E-state index contributed by atoms with van der Waals surface area (Å²) >= 11 is 0. The number of anilines is 1. The molecular weight excluding hydrogens is 261 g/mol. The van der Waals surface area contributed by atoms with Crippen LogP contribution in [0, 0.1) is 0 Å². The van der Waals surface area contributed by atoms with Gasteiger partial charge in [-0.05, 0) is 18.2 Å². The molecule has 1 aromatic heterocycles. The molecule has 4 nitrogen and oxygen atoms in total. The van der Waals surface area contributed by atoms with E-state index in [1.54, 1.807) is 0 Å². The fraction of sp³-hybridized carbons (Fsp3) is 0.0833. The Morgan fingerprint density at radius 3 is 2.26 bits per heavy atom. The molecule has 0 unspecified atom stereocenters. The molecule has 7 heteroatoms. The Morgan fingerprint density at radius 2 is 1.68 bits per heavy atom. The fourth-order valence-corrected chi connectivity index (χ4v) is 1.31. The largest absolute Gasteiger partial charge is 0.573 e. The van der Waals surface area contributed by atoms with Gasteiger partial charge in [0.15, 0.2) is 11.5 Å². The second-order valence-corrected chi connectivity index (χ2v) is 3.53. The third kappa shape index (κ3) is 3.77. The number of rotatable bonds is 3. The number of benzene rings is 1. The quantitative estimate of drug-likeness (QED) is 0.929. The molecule has 2 aromatic rings. The molecular formula is C12H9F3N2O2. The predicted molar refractivity (Wildman–Crippen MR) is 61.8 cm³/mol. The molecule has 2 N–H and O–H groups in total. The van der Waals surface area contributed by atoms with Crippen LogP contribution in [0.1, 0.15) is 0 Å². The van der Waals surface area contributed by atoms with Gasteiger partial charge in [-0.15, -0.1) is 13.2 Å². The van der Waals surface area contributed by atoms with E-state index < -0.39 is 12.1 Å². The summed E-state index contributed by atoms with van der Waals surface area (Å²) in [4.78, 5) is 3.83. The number of nitrogen functional groups attached to an aromatic ring is 1. The van der Waals surface area contributed by atoms with Crippen LogP contribution in [0.5, 0.6) is 17.4 Å². The number of aromatic nitrogens is 1. The topological polar surface area (TPSA) is 57.4 Å². The molecule has 0 aliphatic carbocycles.